The zero-order chi connectivity index (χ0) is 22.1. The molecule has 2 aromatic heterocycles. The summed E-state index contributed by atoms with van der Waals surface area (Å²) >= 11 is 0. The van der Waals surface area contributed by atoms with Crippen LogP contribution in [-0.2, 0) is 6.18 Å². The molecule has 3 heterocycles. The molecule has 0 bridgehead atoms. The van der Waals surface area contributed by atoms with E-state index in [0.29, 0.717) is 24.5 Å². The Morgan fingerprint density at radius 2 is 1.97 bits per heavy atom. The summed E-state index contributed by atoms with van der Waals surface area (Å²) in [5, 5.41) is 0.153. The van der Waals surface area contributed by atoms with Crippen molar-refractivity contribution in [1.82, 2.24) is 9.97 Å². The number of anilines is 2. The highest BCUT2D eigenvalue weighted by atomic mass is 31.0. The van der Waals surface area contributed by atoms with Gasteiger partial charge in [0.15, 0.2) is 0 Å². The molecule has 1 aliphatic heterocycles. The van der Waals surface area contributed by atoms with Crippen molar-refractivity contribution >= 4 is 25.8 Å². The van der Waals surface area contributed by atoms with Gasteiger partial charge in [-0.3, -0.25) is 0 Å². The summed E-state index contributed by atoms with van der Waals surface area (Å²) in [6, 6.07) is 5.80. The van der Waals surface area contributed by atoms with Gasteiger partial charge >= 0.3 is 6.18 Å². The third-order valence-corrected chi connectivity index (χ3v) is 6.77. The molecule has 0 spiro atoms. The van der Waals surface area contributed by atoms with Gasteiger partial charge in [0.05, 0.1) is 11.3 Å². The lowest BCUT2D eigenvalue weighted by molar-refractivity contribution is -0.137. The number of halogens is 3. The molecule has 0 saturated carbocycles. The van der Waals surface area contributed by atoms with Crippen molar-refractivity contribution in [1.29, 1.82) is 0 Å². The molecule has 2 aromatic rings. The van der Waals surface area contributed by atoms with Crippen LogP contribution in [0.1, 0.15) is 49.9 Å². The topological polar surface area (TPSA) is 81.1 Å². The largest absolute Gasteiger partial charge is 0.418 e. The van der Waals surface area contributed by atoms with Gasteiger partial charge in [-0.15, -0.1) is 8.86 Å². The summed E-state index contributed by atoms with van der Waals surface area (Å²) in [4.78, 5) is 10.4. The maximum absolute atomic E-state index is 13.7. The monoisotopic (exact) mass is 437 g/mol. The lowest BCUT2D eigenvalue weighted by atomic mass is 9.72. The second-order valence-corrected chi connectivity index (χ2v) is 8.26. The van der Waals surface area contributed by atoms with Crippen LogP contribution >= 0.6 is 8.86 Å². The molecule has 5 nitrogen and oxygen atoms in total. The van der Waals surface area contributed by atoms with E-state index in [1.54, 1.807) is 12.1 Å². The second-order valence-electron chi connectivity index (χ2n) is 7.76. The first-order valence-corrected chi connectivity index (χ1v) is 10.5. The quantitative estimate of drug-likeness (QED) is 0.688. The summed E-state index contributed by atoms with van der Waals surface area (Å²) in [7, 11) is 3.36. The van der Waals surface area contributed by atoms with Crippen LogP contribution in [0.25, 0.3) is 0 Å². The molecule has 4 N–H and O–H groups in total. The third-order valence-electron chi connectivity index (χ3n) is 6.27. The average molecular weight is 437 g/mol. The molecular formula is C21H27F3N5P. The molecule has 1 unspecified atom stereocenters. The Balaban J connectivity index is 2.06. The zero-order valence-electron chi connectivity index (χ0n) is 17.1. The minimum absolute atomic E-state index is 0.0609. The predicted molar refractivity (Wildman–Crippen MR) is 117 cm³/mol. The number of nitrogen functional groups attached to an aromatic ring is 1. The molecule has 1 saturated heterocycles. The molecule has 0 aliphatic carbocycles. The average Bonchev–Trinajstić information content (AvgIpc) is 2.73. The van der Waals surface area contributed by atoms with Crippen LogP contribution in [0.2, 0.25) is 0 Å². The number of hydrogen-bond donors (Lipinski definition) is 2. The second kappa shape index (κ2) is 8.52. The van der Waals surface area contributed by atoms with E-state index in [0.717, 1.165) is 25.3 Å². The van der Waals surface area contributed by atoms with E-state index in [4.69, 9.17) is 11.5 Å². The van der Waals surface area contributed by atoms with E-state index in [-0.39, 0.29) is 28.3 Å². The normalized spacial score (nSPS) is 19.0. The van der Waals surface area contributed by atoms with Crippen molar-refractivity contribution in [3.63, 3.8) is 0 Å². The van der Waals surface area contributed by atoms with E-state index in [1.165, 1.54) is 12.3 Å². The molecule has 0 amide bonds. The lowest BCUT2D eigenvalue weighted by Crippen LogP contribution is -2.55. The van der Waals surface area contributed by atoms with E-state index < -0.39 is 11.7 Å². The molecule has 1 aliphatic rings. The standard InChI is InChI=1S/C21H27F3N5P/c1-3-20(4-2)12-29(11-9-15(20)25)16-8-7-14(21(22,23)24)17(28-16)18(30)13-6-5-10-27-19(13)26/h5-8,10,15,30H,3-4,9,11-12,25H2,1-2H3,(H2,26,27). The fourth-order valence-electron chi connectivity index (χ4n) is 4.17. The van der Waals surface area contributed by atoms with Gasteiger partial charge in [0.2, 0.25) is 0 Å². The van der Waals surface area contributed by atoms with Gasteiger partial charge in [-0.1, -0.05) is 13.8 Å². The molecule has 9 heteroatoms. The SMILES string of the molecule is CCC1(CC)CN(c2ccc(C(F)(F)F)c(C(=P)c3cccnc3N)n2)CCC1N. The highest BCUT2D eigenvalue weighted by Gasteiger charge is 2.40. The summed E-state index contributed by atoms with van der Waals surface area (Å²) in [6.07, 6.45) is -0.512. The van der Waals surface area contributed by atoms with Crippen LogP contribution in [-0.4, -0.2) is 34.4 Å². The van der Waals surface area contributed by atoms with Gasteiger partial charge in [0.1, 0.15) is 11.6 Å². The van der Waals surface area contributed by atoms with Crippen molar-refractivity contribution in [2.75, 3.05) is 23.7 Å². The molecular weight excluding hydrogens is 410 g/mol. The Labute approximate surface area is 176 Å². The smallest absolute Gasteiger partial charge is 0.383 e. The van der Waals surface area contributed by atoms with Crippen LogP contribution in [0, 0.1) is 5.41 Å². The van der Waals surface area contributed by atoms with E-state index in [1.807, 2.05) is 4.90 Å². The van der Waals surface area contributed by atoms with Gasteiger partial charge < -0.3 is 16.4 Å². The maximum atomic E-state index is 13.7. The van der Waals surface area contributed by atoms with Gasteiger partial charge in [0.25, 0.3) is 0 Å². The van der Waals surface area contributed by atoms with E-state index in [9.17, 15) is 13.2 Å². The molecule has 30 heavy (non-hydrogen) atoms. The number of hydrogen-bond acceptors (Lipinski definition) is 5. The van der Waals surface area contributed by atoms with Crippen LogP contribution in [0.4, 0.5) is 24.8 Å². The number of rotatable bonds is 5. The summed E-state index contributed by atoms with van der Waals surface area (Å²) in [6.45, 7) is 5.51. The lowest BCUT2D eigenvalue weighted by Gasteiger charge is -2.47. The van der Waals surface area contributed by atoms with Gasteiger partial charge in [0, 0.05) is 41.6 Å². The highest BCUT2D eigenvalue weighted by Crippen LogP contribution is 2.39. The Kier molecular flexibility index (Phi) is 6.39. The maximum Gasteiger partial charge on any atom is 0.418 e. The van der Waals surface area contributed by atoms with Crippen LogP contribution in [0.3, 0.4) is 0 Å². The highest BCUT2D eigenvalue weighted by molar-refractivity contribution is 7.23. The Morgan fingerprint density at radius 3 is 2.57 bits per heavy atom. The fraction of sp³-hybridized carbons (Fsp3) is 0.476. The van der Waals surface area contributed by atoms with Gasteiger partial charge in [-0.05, 0) is 43.5 Å². The summed E-state index contributed by atoms with van der Waals surface area (Å²) in [5.74, 6) is 0.622. The molecule has 0 aromatic carbocycles. The molecule has 3 rings (SSSR count). The Bertz CT molecular complexity index is 927. The molecule has 1 atom stereocenters. The summed E-state index contributed by atoms with van der Waals surface area (Å²) in [5.41, 5.74) is 11.5. The van der Waals surface area contributed by atoms with Crippen LogP contribution in [0.15, 0.2) is 30.5 Å². The number of nitrogens with zero attached hydrogens (tertiary/aromatic N) is 3. The number of aromatic nitrogens is 2. The van der Waals surface area contributed by atoms with Crippen LogP contribution < -0.4 is 16.4 Å². The van der Waals surface area contributed by atoms with E-state index >= 15 is 0 Å². The number of alkyl halides is 3. The minimum Gasteiger partial charge on any atom is -0.383 e. The van der Waals surface area contributed by atoms with Gasteiger partial charge in [-0.25, -0.2) is 9.97 Å². The Hall–Kier alpha value is -2.18. The summed E-state index contributed by atoms with van der Waals surface area (Å²) < 4.78 is 41.2. The first-order chi connectivity index (χ1) is 14.1. The zero-order valence-corrected chi connectivity index (χ0v) is 18.1. The number of piperidine rings is 1. The van der Waals surface area contributed by atoms with Crippen molar-refractivity contribution in [3.05, 3.63) is 47.3 Å². The number of nitrogens with two attached hydrogens (primary N) is 2. The van der Waals surface area contributed by atoms with Crippen molar-refractivity contribution in [2.24, 2.45) is 11.1 Å². The van der Waals surface area contributed by atoms with E-state index in [2.05, 4.69) is 32.7 Å². The van der Waals surface area contributed by atoms with Crippen molar-refractivity contribution in [3.8, 4) is 0 Å². The fourth-order valence-corrected chi connectivity index (χ4v) is 4.57. The Morgan fingerprint density at radius 1 is 1.27 bits per heavy atom. The molecule has 1 fully saturated rings. The molecule has 0 radical (unpaired) electrons. The van der Waals surface area contributed by atoms with Crippen LogP contribution in [0.5, 0.6) is 0 Å². The first kappa shape index (κ1) is 22.5. The van der Waals surface area contributed by atoms with Gasteiger partial charge in [-0.2, -0.15) is 13.2 Å². The third kappa shape index (κ3) is 4.16. The van der Waals surface area contributed by atoms with Crippen molar-refractivity contribution < 1.29 is 13.2 Å². The molecule has 162 valence electrons. The first-order valence-electron chi connectivity index (χ1n) is 10.0. The predicted octanol–water partition coefficient (Wildman–Crippen LogP) is 4.13. The number of pyridine rings is 2. The minimum atomic E-state index is -4.56. The van der Waals surface area contributed by atoms with Crippen molar-refractivity contribution in [2.45, 2.75) is 45.3 Å².